The van der Waals surface area contributed by atoms with Gasteiger partial charge in [0.05, 0.1) is 17.8 Å². The average molecular weight is 252 g/mol. The zero-order chi connectivity index (χ0) is 9.54. The van der Waals surface area contributed by atoms with Gasteiger partial charge in [-0.15, -0.1) is 0 Å². The van der Waals surface area contributed by atoms with Crippen molar-refractivity contribution in [2.45, 2.75) is 13.1 Å². The number of hydrogen-bond acceptors (Lipinski definition) is 2. The third-order valence-electron chi connectivity index (χ3n) is 2.60. The summed E-state index contributed by atoms with van der Waals surface area (Å²) in [6.07, 6.45) is 0. The van der Waals surface area contributed by atoms with Crippen LogP contribution in [0.15, 0.2) is 22.7 Å². The lowest BCUT2D eigenvalue weighted by Crippen LogP contribution is -2.28. The molecule has 1 N–H and O–H groups in total. The predicted molar refractivity (Wildman–Crippen MR) is 59.1 cm³/mol. The topological polar surface area (TPSA) is 29.9 Å². The van der Waals surface area contributed by atoms with E-state index in [9.17, 15) is 0 Å². The molecule has 0 bridgehead atoms. The molecule has 2 aromatic rings. The first kappa shape index (κ1) is 8.44. The van der Waals surface area contributed by atoms with E-state index in [1.807, 2.05) is 0 Å². The van der Waals surface area contributed by atoms with Gasteiger partial charge in [-0.05, 0) is 18.2 Å². The molecule has 0 aliphatic carbocycles. The molecular formula is C10H10BrN3. The van der Waals surface area contributed by atoms with Crippen molar-refractivity contribution in [2.75, 3.05) is 6.54 Å². The van der Waals surface area contributed by atoms with E-state index >= 15 is 0 Å². The molecule has 0 fully saturated rings. The highest BCUT2D eigenvalue weighted by molar-refractivity contribution is 9.10. The molecule has 0 amide bonds. The van der Waals surface area contributed by atoms with Crippen molar-refractivity contribution in [1.82, 2.24) is 15.1 Å². The second-order valence-electron chi connectivity index (χ2n) is 3.51. The van der Waals surface area contributed by atoms with Crippen LogP contribution in [0.4, 0.5) is 0 Å². The molecule has 0 saturated carbocycles. The molecule has 0 spiro atoms. The molecule has 1 aromatic carbocycles. The summed E-state index contributed by atoms with van der Waals surface area (Å²) in [4.78, 5) is 0. The first-order chi connectivity index (χ1) is 6.84. The van der Waals surface area contributed by atoms with Crippen molar-refractivity contribution in [2.24, 2.45) is 0 Å². The van der Waals surface area contributed by atoms with Crippen molar-refractivity contribution >= 4 is 26.8 Å². The van der Waals surface area contributed by atoms with Crippen molar-refractivity contribution in [1.29, 1.82) is 0 Å². The van der Waals surface area contributed by atoms with E-state index in [0.717, 1.165) is 29.6 Å². The molecule has 1 aliphatic rings. The normalized spacial score (nSPS) is 15.8. The maximum atomic E-state index is 4.56. The van der Waals surface area contributed by atoms with E-state index in [-0.39, 0.29) is 0 Å². The van der Waals surface area contributed by atoms with Gasteiger partial charge in [0.2, 0.25) is 0 Å². The highest BCUT2D eigenvalue weighted by Crippen LogP contribution is 2.23. The average Bonchev–Trinajstić information content (AvgIpc) is 2.54. The third kappa shape index (κ3) is 1.18. The number of nitrogens with zero attached hydrogens (tertiary/aromatic N) is 2. The minimum atomic E-state index is 0.929. The summed E-state index contributed by atoms with van der Waals surface area (Å²) in [5.41, 5.74) is 2.39. The summed E-state index contributed by atoms with van der Waals surface area (Å²) in [7, 11) is 0. The van der Waals surface area contributed by atoms with Gasteiger partial charge in [0, 0.05) is 22.9 Å². The summed E-state index contributed by atoms with van der Waals surface area (Å²) in [6, 6.07) is 6.27. The molecule has 14 heavy (non-hydrogen) atoms. The molecular weight excluding hydrogens is 242 g/mol. The van der Waals surface area contributed by atoms with Gasteiger partial charge < -0.3 is 5.32 Å². The molecule has 0 unspecified atom stereocenters. The molecule has 3 rings (SSSR count). The largest absolute Gasteiger partial charge is 0.309 e. The van der Waals surface area contributed by atoms with Crippen LogP contribution in [-0.4, -0.2) is 16.3 Å². The molecule has 72 valence electrons. The second kappa shape index (κ2) is 3.07. The van der Waals surface area contributed by atoms with Crippen molar-refractivity contribution in [3.05, 3.63) is 28.4 Å². The third-order valence-corrected chi connectivity index (χ3v) is 3.10. The highest BCUT2D eigenvalue weighted by Gasteiger charge is 2.13. The Bertz CT molecular complexity index is 489. The Labute approximate surface area is 90.2 Å². The molecule has 0 atom stereocenters. The lowest BCUT2D eigenvalue weighted by Gasteiger charge is -2.14. The van der Waals surface area contributed by atoms with Crippen LogP contribution in [0, 0.1) is 0 Å². The monoisotopic (exact) mass is 251 g/mol. The molecule has 1 aliphatic heterocycles. The number of benzene rings is 1. The maximum Gasteiger partial charge on any atom is 0.0938 e. The Hall–Kier alpha value is -0.870. The molecule has 2 heterocycles. The van der Waals surface area contributed by atoms with Crippen LogP contribution in [0.5, 0.6) is 0 Å². The Kier molecular flexibility index (Phi) is 1.85. The van der Waals surface area contributed by atoms with Gasteiger partial charge in [-0.2, -0.15) is 5.10 Å². The number of rotatable bonds is 0. The van der Waals surface area contributed by atoms with Gasteiger partial charge in [-0.1, -0.05) is 15.9 Å². The standard InChI is InChI=1S/C10H10BrN3/c11-7-1-2-8-9(5-7)13-14-4-3-12-6-10(8)14/h1-2,5,12H,3-4,6H2. The Morgan fingerprint density at radius 3 is 3.29 bits per heavy atom. The van der Waals surface area contributed by atoms with E-state index < -0.39 is 0 Å². The zero-order valence-corrected chi connectivity index (χ0v) is 9.21. The summed E-state index contributed by atoms with van der Waals surface area (Å²) in [5, 5.41) is 9.19. The van der Waals surface area contributed by atoms with E-state index in [0.29, 0.717) is 0 Å². The fraction of sp³-hybridized carbons (Fsp3) is 0.300. The molecule has 3 nitrogen and oxygen atoms in total. The van der Waals surface area contributed by atoms with E-state index in [1.165, 1.54) is 11.1 Å². The predicted octanol–water partition coefficient (Wildman–Crippen LogP) is 1.90. The van der Waals surface area contributed by atoms with Crippen LogP contribution in [0.1, 0.15) is 5.69 Å². The van der Waals surface area contributed by atoms with Crippen molar-refractivity contribution < 1.29 is 0 Å². The molecule has 1 aromatic heterocycles. The van der Waals surface area contributed by atoms with Gasteiger partial charge >= 0.3 is 0 Å². The van der Waals surface area contributed by atoms with Gasteiger partial charge in [-0.3, -0.25) is 4.68 Å². The van der Waals surface area contributed by atoms with E-state index in [1.54, 1.807) is 0 Å². The summed E-state index contributed by atoms with van der Waals surface area (Å²) in [5.74, 6) is 0. The Balaban J connectivity index is 2.31. The van der Waals surface area contributed by atoms with Crippen LogP contribution in [0.2, 0.25) is 0 Å². The first-order valence-electron chi connectivity index (χ1n) is 4.70. The summed E-state index contributed by atoms with van der Waals surface area (Å²) in [6.45, 7) is 2.92. The summed E-state index contributed by atoms with van der Waals surface area (Å²) >= 11 is 3.46. The minimum absolute atomic E-state index is 0.929. The molecule has 0 saturated heterocycles. The van der Waals surface area contributed by atoms with Crippen LogP contribution in [-0.2, 0) is 13.1 Å². The Morgan fingerprint density at radius 1 is 1.43 bits per heavy atom. The van der Waals surface area contributed by atoms with Crippen LogP contribution in [0.3, 0.4) is 0 Å². The fourth-order valence-electron chi connectivity index (χ4n) is 1.92. The molecule has 0 radical (unpaired) electrons. The maximum absolute atomic E-state index is 4.56. The number of halogens is 1. The molecule has 4 heteroatoms. The first-order valence-corrected chi connectivity index (χ1v) is 5.49. The number of aromatic nitrogens is 2. The number of fused-ring (bicyclic) bond motifs is 3. The summed E-state index contributed by atoms with van der Waals surface area (Å²) < 4.78 is 3.20. The van der Waals surface area contributed by atoms with Gasteiger partial charge in [0.25, 0.3) is 0 Å². The zero-order valence-electron chi connectivity index (χ0n) is 7.63. The number of nitrogens with one attached hydrogen (secondary N) is 1. The highest BCUT2D eigenvalue weighted by atomic mass is 79.9. The lowest BCUT2D eigenvalue weighted by molar-refractivity contribution is 0.480. The number of hydrogen-bond donors (Lipinski definition) is 1. The van der Waals surface area contributed by atoms with Crippen molar-refractivity contribution in [3.8, 4) is 0 Å². The lowest BCUT2D eigenvalue weighted by atomic mass is 10.2. The Morgan fingerprint density at radius 2 is 2.36 bits per heavy atom. The fourth-order valence-corrected chi connectivity index (χ4v) is 2.27. The van der Waals surface area contributed by atoms with Crippen molar-refractivity contribution in [3.63, 3.8) is 0 Å². The van der Waals surface area contributed by atoms with Crippen LogP contribution >= 0.6 is 15.9 Å². The van der Waals surface area contributed by atoms with E-state index in [4.69, 9.17) is 0 Å². The van der Waals surface area contributed by atoms with Gasteiger partial charge in [0.15, 0.2) is 0 Å². The smallest absolute Gasteiger partial charge is 0.0938 e. The SMILES string of the molecule is Brc1ccc2c3n(nc2c1)CCNC3. The van der Waals surface area contributed by atoms with Gasteiger partial charge in [-0.25, -0.2) is 0 Å². The van der Waals surface area contributed by atoms with Crippen LogP contribution in [0.25, 0.3) is 10.9 Å². The minimum Gasteiger partial charge on any atom is -0.309 e. The van der Waals surface area contributed by atoms with Gasteiger partial charge in [0.1, 0.15) is 0 Å². The van der Waals surface area contributed by atoms with E-state index in [2.05, 4.69) is 49.2 Å². The quantitative estimate of drug-likeness (QED) is 0.776. The second-order valence-corrected chi connectivity index (χ2v) is 4.42. The van der Waals surface area contributed by atoms with Crippen LogP contribution < -0.4 is 5.32 Å².